The quantitative estimate of drug-likeness (QED) is 0.724. The molecular weight excluding hydrogens is 244 g/mol. The molecule has 0 spiro atoms. The highest BCUT2D eigenvalue weighted by atomic mass is 32.2. The Morgan fingerprint density at radius 1 is 1.27 bits per heavy atom. The summed E-state index contributed by atoms with van der Waals surface area (Å²) in [5, 5.41) is 3.22. The molecule has 2 aromatic rings. The van der Waals surface area contributed by atoms with E-state index in [1.54, 1.807) is 23.1 Å². The van der Waals surface area contributed by atoms with Gasteiger partial charge in [0.2, 0.25) is 0 Å². The molecule has 2 nitrogen and oxygen atoms in total. The van der Waals surface area contributed by atoms with Crippen LogP contribution in [0.2, 0.25) is 0 Å². The lowest BCUT2D eigenvalue weighted by molar-refractivity contribution is 1.34. The van der Waals surface area contributed by atoms with Crippen LogP contribution in [0.15, 0.2) is 38.9 Å². The zero-order chi connectivity index (χ0) is 10.3. The van der Waals surface area contributed by atoms with Crippen molar-refractivity contribution in [3.63, 3.8) is 0 Å². The van der Waals surface area contributed by atoms with Crippen LogP contribution in [-0.2, 0) is 0 Å². The summed E-state index contributed by atoms with van der Waals surface area (Å²) in [4.78, 5) is 6.18. The van der Waals surface area contributed by atoms with Crippen LogP contribution >= 0.6 is 35.3 Å². The van der Waals surface area contributed by atoms with Gasteiger partial charge >= 0.3 is 0 Å². The maximum atomic E-state index is 5.30. The summed E-state index contributed by atoms with van der Waals surface area (Å²) in [5.74, 6) is 0. The van der Waals surface area contributed by atoms with E-state index >= 15 is 0 Å². The fourth-order valence-corrected chi connectivity index (χ4v) is 3.73. The summed E-state index contributed by atoms with van der Waals surface area (Å²) in [7, 11) is 0. The Bertz CT molecular complexity index is 533. The Morgan fingerprint density at radius 3 is 3.07 bits per heavy atom. The van der Waals surface area contributed by atoms with Crippen LogP contribution in [0.1, 0.15) is 5.69 Å². The zero-order valence-corrected chi connectivity index (χ0v) is 10.0. The molecule has 0 atom stereocenters. The van der Waals surface area contributed by atoms with Gasteiger partial charge in [0, 0.05) is 4.90 Å². The highest BCUT2D eigenvalue weighted by Gasteiger charge is 2.18. The van der Waals surface area contributed by atoms with E-state index in [0.717, 1.165) is 15.6 Å². The fourth-order valence-electron chi connectivity index (χ4n) is 1.40. The molecular formula is C10H6N2S3. The van der Waals surface area contributed by atoms with Gasteiger partial charge in [-0.25, -0.2) is 4.98 Å². The molecule has 0 fully saturated rings. The molecule has 0 saturated carbocycles. The lowest BCUT2D eigenvalue weighted by Gasteiger charge is -2.05. The predicted octanol–water partition coefficient (Wildman–Crippen LogP) is 3.40. The summed E-state index contributed by atoms with van der Waals surface area (Å²) >= 11 is 8.65. The zero-order valence-electron chi connectivity index (χ0n) is 7.56. The molecule has 1 aromatic heterocycles. The maximum Gasteiger partial charge on any atom is 0.131 e. The molecule has 1 N–H and O–H groups in total. The molecule has 0 unspecified atom stereocenters. The number of hydrogen-bond acceptors (Lipinski definition) is 4. The van der Waals surface area contributed by atoms with Crippen LogP contribution in [-0.4, -0.2) is 9.97 Å². The van der Waals surface area contributed by atoms with Crippen LogP contribution < -0.4 is 5.32 Å². The van der Waals surface area contributed by atoms with Crippen LogP contribution in [0.25, 0.3) is 0 Å². The Labute approximate surface area is 101 Å². The minimum atomic E-state index is 0.712. The molecule has 0 radical (unpaired) electrons. The maximum absolute atomic E-state index is 5.30. The van der Waals surface area contributed by atoms with Gasteiger partial charge in [-0.3, -0.25) is 0 Å². The van der Waals surface area contributed by atoms with E-state index < -0.39 is 0 Å². The second kappa shape index (κ2) is 3.59. The summed E-state index contributed by atoms with van der Waals surface area (Å²) < 4.78 is 1.16. The predicted molar refractivity (Wildman–Crippen MR) is 68.0 cm³/mol. The Kier molecular flexibility index (Phi) is 2.23. The number of anilines is 1. The SMILES string of the molecule is S=C1Nc2ccccc2Sc2scnc21. The molecule has 1 aromatic carbocycles. The number of thiazole rings is 1. The normalized spacial score (nSPS) is 13.7. The summed E-state index contributed by atoms with van der Waals surface area (Å²) in [6, 6.07) is 8.15. The van der Waals surface area contributed by atoms with Gasteiger partial charge in [0.15, 0.2) is 0 Å². The molecule has 74 valence electrons. The first-order valence-electron chi connectivity index (χ1n) is 4.36. The third kappa shape index (κ3) is 1.56. The van der Waals surface area contributed by atoms with Crippen molar-refractivity contribution in [1.29, 1.82) is 0 Å². The minimum Gasteiger partial charge on any atom is -0.344 e. The van der Waals surface area contributed by atoms with E-state index in [-0.39, 0.29) is 0 Å². The number of benzene rings is 1. The first kappa shape index (κ1) is 9.33. The van der Waals surface area contributed by atoms with Crippen molar-refractivity contribution in [2.24, 2.45) is 0 Å². The molecule has 3 rings (SSSR count). The molecule has 0 saturated heterocycles. The summed E-state index contributed by atoms with van der Waals surface area (Å²) in [5.41, 5.74) is 3.80. The Balaban J connectivity index is 2.18. The number of nitrogens with one attached hydrogen (secondary N) is 1. The van der Waals surface area contributed by atoms with E-state index in [2.05, 4.69) is 16.4 Å². The minimum absolute atomic E-state index is 0.712. The van der Waals surface area contributed by atoms with Gasteiger partial charge in [-0.2, -0.15) is 0 Å². The largest absolute Gasteiger partial charge is 0.344 e. The molecule has 5 heteroatoms. The standard InChI is InChI=1S/C10H6N2S3/c13-9-8-10(14-5-11-8)15-7-4-2-1-3-6(7)12-9/h1-5H,(H,12,13). The third-order valence-corrected chi connectivity index (χ3v) is 4.49. The molecule has 1 aliphatic heterocycles. The molecule has 1 aliphatic rings. The van der Waals surface area contributed by atoms with Gasteiger partial charge in [0.25, 0.3) is 0 Å². The van der Waals surface area contributed by atoms with Crippen LogP contribution in [0.5, 0.6) is 0 Å². The second-order valence-electron chi connectivity index (χ2n) is 3.04. The van der Waals surface area contributed by atoms with E-state index in [1.165, 1.54) is 4.90 Å². The van der Waals surface area contributed by atoms with Gasteiger partial charge < -0.3 is 5.32 Å². The van der Waals surface area contributed by atoms with Crippen LogP contribution in [0, 0.1) is 0 Å². The van der Waals surface area contributed by atoms with Gasteiger partial charge in [-0.1, -0.05) is 36.1 Å². The number of aromatic nitrogens is 1. The van der Waals surface area contributed by atoms with Crippen molar-refractivity contribution in [3.05, 3.63) is 35.5 Å². The highest BCUT2D eigenvalue weighted by molar-refractivity contribution is 8.01. The van der Waals surface area contributed by atoms with Crippen molar-refractivity contribution in [3.8, 4) is 0 Å². The average Bonchev–Trinajstić information content (AvgIpc) is 2.64. The van der Waals surface area contributed by atoms with Gasteiger partial charge in [-0.15, -0.1) is 11.3 Å². The van der Waals surface area contributed by atoms with Gasteiger partial charge in [-0.05, 0) is 12.1 Å². The average molecular weight is 250 g/mol. The van der Waals surface area contributed by atoms with Crippen LogP contribution in [0.3, 0.4) is 0 Å². The molecule has 15 heavy (non-hydrogen) atoms. The lowest BCUT2D eigenvalue weighted by Crippen LogP contribution is -2.10. The number of fused-ring (bicyclic) bond motifs is 2. The van der Waals surface area contributed by atoms with Crippen molar-refractivity contribution in [2.45, 2.75) is 9.10 Å². The number of para-hydroxylation sites is 1. The Hall–Kier alpha value is -0.910. The monoisotopic (exact) mass is 250 g/mol. The van der Waals surface area contributed by atoms with Crippen molar-refractivity contribution >= 4 is 46.0 Å². The van der Waals surface area contributed by atoms with E-state index in [1.807, 2.05) is 23.7 Å². The first-order valence-corrected chi connectivity index (χ1v) is 6.47. The van der Waals surface area contributed by atoms with Gasteiger partial charge in [0.1, 0.15) is 10.7 Å². The smallest absolute Gasteiger partial charge is 0.131 e. The fraction of sp³-hybridized carbons (Fsp3) is 0. The summed E-state index contributed by atoms with van der Waals surface area (Å²) in [6.07, 6.45) is 0. The van der Waals surface area contributed by atoms with E-state index in [4.69, 9.17) is 12.2 Å². The second-order valence-corrected chi connectivity index (χ2v) is 5.61. The lowest BCUT2D eigenvalue weighted by atomic mass is 10.3. The third-order valence-electron chi connectivity index (χ3n) is 2.09. The topological polar surface area (TPSA) is 24.9 Å². The Morgan fingerprint density at radius 2 is 2.13 bits per heavy atom. The number of hydrogen-bond donors (Lipinski definition) is 1. The first-order chi connectivity index (χ1) is 7.34. The number of nitrogens with zero attached hydrogens (tertiary/aromatic N) is 1. The van der Waals surface area contributed by atoms with Gasteiger partial charge in [0.05, 0.1) is 15.4 Å². The van der Waals surface area contributed by atoms with E-state index in [0.29, 0.717) is 4.99 Å². The van der Waals surface area contributed by atoms with Crippen molar-refractivity contribution in [1.82, 2.24) is 4.98 Å². The van der Waals surface area contributed by atoms with E-state index in [9.17, 15) is 0 Å². The molecule has 0 aliphatic carbocycles. The molecule has 0 amide bonds. The van der Waals surface area contributed by atoms with Crippen LogP contribution in [0.4, 0.5) is 5.69 Å². The number of thiocarbonyl (C=S) groups is 1. The molecule has 2 heterocycles. The highest BCUT2D eigenvalue weighted by Crippen LogP contribution is 2.40. The number of rotatable bonds is 0. The van der Waals surface area contributed by atoms with Crippen molar-refractivity contribution in [2.75, 3.05) is 5.32 Å². The summed E-state index contributed by atoms with van der Waals surface area (Å²) in [6.45, 7) is 0. The van der Waals surface area contributed by atoms with Crippen molar-refractivity contribution < 1.29 is 0 Å². The molecule has 0 bridgehead atoms.